The predicted molar refractivity (Wildman–Crippen MR) is 66.6 cm³/mol. The summed E-state index contributed by atoms with van der Waals surface area (Å²) in [5, 5.41) is 4.05. The Morgan fingerprint density at radius 1 is 1.50 bits per heavy atom. The highest BCUT2D eigenvalue weighted by atomic mass is 79.9. The molecule has 0 atom stereocenters. The second kappa shape index (κ2) is 3.96. The number of thiophene rings is 1. The first kappa shape index (κ1) is 10.5. The molecule has 0 aliphatic heterocycles. The number of rotatable bonds is 2. The number of hydrogen-bond acceptors (Lipinski definition) is 4. The number of nitrogens with zero attached hydrogens (tertiary/aromatic N) is 2. The Hall–Kier alpha value is -0.680. The van der Waals surface area contributed by atoms with E-state index in [0.717, 1.165) is 21.1 Å². The van der Waals surface area contributed by atoms with Crippen molar-refractivity contribution in [2.45, 2.75) is 32.1 Å². The third-order valence-corrected chi connectivity index (χ3v) is 5.11. The van der Waals surface area contributed by atoms with Gasteiger partial charge in [-0.15, -0.1) is 11.3 Å². The van der Waals surface area contributed by atoms with Crippen molar-refractivity contribution in [3.8, 4) is 10.7 Å². The van der Waals surface area contributed by atoms with E-state index in [1.54, 1.807) is 11.3 Å². The van der Waals surface area contributed by atoms with E-state index in [9.17, 15) is 0 Å². The van der Waals surface area contributed by atoms with Gasteiger partial charge in [0.2, 0.25) is 11.7 Å². The van der Waals surface area contributed by atoms with Crippen LogP contribution in [0.2, 0.25) is 0 Å². The van der Waals surface area contributed by atoms with Gasteiger partial charge in [-0.25, -0.2) is 0 Å². The molecule has 0 spiro atoms. The van der Waals surface area contributed by atoms with Crippen molar-refractivity contribution in [2.24, 2.45) is 0 Å². The van der Waals surface area contributed by atoms with E-state index in [2.05, 4.69) is 39.1 Å². The third-order valence-electron chi connectivity index (χ3n) is 2.97. The molecule has 2 aromatic rings. The topological polar surface area (TPSA) is 38.9 Å². The Bertz CT molecular complexity index is 496. The molecular weight excluding hydrogens is 288 g/mol. The third kappa shape index (κ3) is 1.72. The second-order valence-electron chi connectivity index (χ2n) is 4.10. The van der Waals surface area contributed by atoms with E-state index in [1.165, 1.54) is 24.1 Å². The maximum atomic E-state index is 5.30. The Morgan fingerprint density at radius 2 is 2.31 bits per heavy atom. The highest BCUT2D eigenvalue weighted by Gasteiger charge is 2.25. The quantitative estimate of drug-likeness (QED) is 0.836. The SMILES string of the molecule is Cc1sc(-c2noc(C3CCC3)n2)cc1Br. The van der Waals surface area contributed by atoms with Crippen LogP contribution in [0.3, 0.4) is 0 Å². The smallest absolute Gasteiger partial charge is 0.230 e. The summed E-state index contributed by atoms with van der Waals surface area (Å²) in [5.41, 5.74) is 0. The zero-order chi connectivity index (χ0) is 11.1. The maximum absolute atomic E-state index is 5.30. The van der Waals surface area contributed by atoms with Crippen LogP contribution in [-0.4, -0.2) is 10.1 Å². The summed E-state index contributed by atoms with van der Waals surface area (Å²) in [4.78, 5) is 6.78. The fourth-order valence-corrected chi connectivity index (χ4v) is 3.19. The van der Waals surface area contributed by atoms with Crippen molar-refractivity contribution in [3.05, 3.63) is 21.3 Å². The predicted octanol–water partition coefficient (Wildman–Crippen LogP) is 4.14. The molecular formula is C11H11BrN2OS. The minimum atomic E-state index is 0.505. The Kier molecular flexibility index (Phi) is 2.59. The van der Waals surface area contributed by atoms with E-state index in [1.807, 2.05) is 0 Å². The van der Waals surface area contributed by atoms with Gasteiger partial charge in [0.05, 0.1) is 4.88 Å². The van der Waals surface area contributed by atoms with Crippen LogP contribution in [0.25, 0.3) is 10.7 Å². The monoisotopic (exact) mass is 298 g/mol. The summed E-state index contributed by atoms with van der Waals surface area (Å²) in [7, 11) is 0. The van der Waals surface area contributed by atoms with Crippen LogP contribution in [0.5, 0.6) is 0 Å². The van der Waals surface area contributed by atoms with Gasteiger partial charge in [0.15, 0.2) is 0 Å². The summed E-state index contributed by atoms with van der Waals surface area (Å²) in [6.07, 6.45) is 3.66. The fraction of sp³-hybridized carbons (Fsp3) is 0.455. The normalized spacial score (nSPS) is 16.4. The number of aromatic nitrogens is 2. The molecule has 1 fully saturated rings. The Labute approximate surface area is 106 Å². The first-order valence-electron chi connectivity index (χ1n) is 5.34. The average Bonchev–Trinajstić information content (AvgIpc) is 2.73. The Morgan fingerprint density at radius 3 is 2.88 bits per heavy atom. The van der Waals surface area contributed by atoms with Crippen LogP contribution in [0.15, 0.2) is 15.1 Å². The lowest BCUT2D eigenvalue weighted by Crippen LogP contribution is -2.08. The van der Waals surface area contributed by atoms with E-state index in [0.29, 0.717) is 5.92 Å². The Balaban J connectivity index is 1.91. The second-order valence-corrected chi connectivity index (χ2v) is 6.21. The van der Waals surface area contributed by atoms with Crippen LogP contribution in [0.4, 0.5) is 0 Å². The summed E-state index contributed by atoms with van der Waals surface area (Å²) in [6, 6.07) is 2.05. The van der Waals surface area contributed by atoms with Gasteiger partial charge in [0.1, 0.15) is 0 Å². The van der Waals surface area contributed by atoms with E-state index < -0.39 is 0 Å². The molecule has 16 heavy (non-hydrogen) atoms. The molecule has 3 rings (SSSR count). The van der Waals surface area contributed by atoms with Gasteiger partial charge >= 0.3 is 0 Å². The van der Waals surface area contributed by atoms with E-state index >= 15 is 0 Å². The minimum Gasteiger partial charge on any atom is -0.339 e. The first-order valence-corrected chi connectivity index (χ1v) is 6.95. The molecule has 0 N–H and O–H groups in total. The van der Waals surface area contributed by atoms with Crippen molar-refractivity contribution in [2.75, 3.05) is 0 Å². The molecule has 2 heterocycles. The lowest BCUT2D eigenvalue weighted by Gasteiger charge is -2.20. The number of hydrogen-bond donors (Lipinski definition) is 0. The number of aryl methyl sites for hydroxylation is 1. The zero-order valence-corrected chi connectivity index (χ0v) is 11.3. The zero-order valence-electron chi connectivity index (χ0n) is 8.86. The first-order chi connectivity index (χ1) is 7.74. The van der Waals surface area contributed by atoms with Crippen LogP contribution in [0, 0.1) is 6.92 Å². The van der Waals surface area contributed by atoms with Gasteiger partial charge in [-0.1, -0.05) is 11.6 Å². The largest absolute Gasteiger partial charge is 0.339 e. The summed E-state index contributed by atoms with van der Waals surface area (Å²) >= 11 is 5.18. The number of halogens is 1. The van der Waals surface area contributed by atoms with Gasteiger partial charge in [0, 0.05) is 15.3 Å². The fourth-order valence-electron chi connectivity index (χ4n) is 1.73. The van der Waals surface area contributed by atoms with Crippen molar-refractivity contribution >= 4 is 27.3 Å². The van der Waals surface area contributed by atoms with Crippen LogP contribution in [0.1, 0.15) is 35.9 Å². The van der Waals surface area contributed by atoms with Crippen molar-refractivity contribution < 1.29 is 4.52 Å². The highest BCUT2D eigenvalue weighted by Crippen LogP contribution is 2.37. The lowest BCUT2D eigenvalue weighted by molar-refractivity contribution is 0.292. The molecule has 1 aliphatic rings. The molecule has 0 radical (unpaired) electrons. The summed E-state index contributed by atoms with van der Waals surface area (Å²) in [6.45, 7) is 2.07. The van der Waals surface area contributed by atoms with Crippen LogP contribution < -0.4 is 0 Å². The van der Waals surface area contributed by atoms with Crippen LogP contribution in [-0.2, 0) is 0 Å². The molecule has 84 valence electrons. The lowest BCUT2D eigenvalue weighted by atomic mass is 9.85. The molecule has 0 saturated heterocycles. The van der Waals surface area contributed by atoms with Crippen molar-refractivity contribution in [1.29, 1.82) is 0 Å². The van der Waals surface area contributed by atoms with Crippen molar-refractivity contribution in [1.82, 2.24) is 10.1 Å². The van der Waals surface area contributed by atoms with E-state index in [-0.39, 0.29) is 0 Å². The summed E-state index contributed by atoms with van der Waals surface area (Å²) < 4.78 is 6.42. The van der Waals surface area contributed by atoms with E-state index in [4.69, 9.17) is 4.52 Å². The molecule has 0 unspecified atom stereocenters. The molecule has 3 nitrogen and oxygen atoms in total. The molecule has 1 aliphatic carbocycles. The van der Waals surface area contributed by atoms with Gasteiger partial charge in [-0.3, -0.25) is 0 Å². The molecule has 5 heteroatoms. The maximum Gasteiger partial charge on any atom is 0.230 e. The molecule has 0 bridgehead atoms. The van der Waals surface area contributed by atoms with Gasteiger partial charge < -0.3 is 4.52 Å². The van der Waals surface area contributed by atoms with Gasteiger partial charge in [0.25, 0.3) is 0 Å². The van der Waals surface area contributed by atoms with Crippen LogP contribution >= 0.6 is 27.3 Å². The summed E-state index contributed by atoms with van der Waals surface area (Å²) in [5.74, 6) is 2.04. The average molecular weight is 299 g/mol. The van der Waals surface area contributed by atoms with Gasteiger partial charge in [-0.05, 0) is 41.8 Å². The highest BCUT2D eigenvalue weighted by molar-refractivity contribution is 9.10. The van der Waals surface area contributed by atoms with Gasteiger partial charge in [-0.2, -0.15) is 4.98 Å². The molecule has 2 aromatic heterocycles. The molecule has 1 saturated carbocycles. The standard InChI is InChI=1S/C11H11BrN2OS/c1-6-8(12)5-9(16-6)10-13-11(15-14-10)7-3-2-4-7/h5,7H,2-4H2,1H3. The molecule has 0 aromatic carbocycles. The minimum absolute atomic E-state index is 0.505. The molecule has 0 amide bonds. The van der Waals surface area contributed by atoms with Crippen molar-refractivity contribution in [3.63, 3.8) is 0 Å².